The zero-order valence-electron chi connectivity index (χ0n) is 18.6. The van der Waals surface area contributed by atoms with Crippen LogP contribution >= 0.6 is 0 Å². The summed E-state index contributed by atoms with van der Waals surface area (Å²) < 4.78 is 7.44. The summed E-state index contributed by atoms with van der Waals surface area (Å²) in [4.78, 5) is 8.59. The third-order valence-corrected chi connectivity index (χ3v) is 5.11. The van der Waals surface area contributed by atoms with E-state index in [1.165, 1.54) is 0 Å². The minimum atomic E-state index is -0.500. The highest BCUT2D eigenvalue weighted by Gasteiger charge is 2.35. The van der Waals surface area contributed by atoms with E-state index in [4.69, 9.17) is 4.74 Å². The number of hydrogen-bond donors (Lipinski definition) is 1. The third kappa shape index (κ3) is 4.33. The van der Waals surface area contributed by atoms with Gasteiger partial charge in [0, 0.05) is 36.3 Å². The maximum Gasteiger partial charge on any atom is 0.297 e. The van der Waals surface area contributed by atoms with Crippen molar-refractivity contribution in [1.82, 2.24) is 9.55 Å². The highest BCUT2D eigenvalue weighted by Crippen LogP contribution is 2.41. The largest absolute Gasteiger partial charge is 0.480 e. The van der Waals surface area contributed by atoms with Gasteiger partial charge in [0.1, 0.15) is 17.4 Å². The lowest BCUT2D eigenvalue weighted by Crippen LogP contribution is -2.22. The zero-order valence-corrected chi connectivity index (χ0v) is 18.6. The number of allylic oxidation sites excluding steroid dienone is 3. The number of aliphatic hydroxyl groups excluding tert-OH is 1. The molecule has 2 heterocycles. The summed E-state index contributed by atoms with van der Waals surface area (Å²) in [7, 11) is 1.71. The number of benzene rings is 2. The van der Waals surface area contributed by atoms with Crippen LogP contribution in [0.5, 0.6) is 0 Å². The first kappa shape index (κ1) is 22.6. The van der Waals surface area contributed by atoms with Crippen molar-refractivity contribution in [3.05, 3.63) is 107 Å². The Kier molecular flexibility index (Phi) is 7.25. The normalized spacial score (nSPS) is 16.1. The van der Waals surface area contributed by atoms with Crippen molar-refractivity contribution >= 4 is 5.71 Å². The minimum Gasteiger partial charge on any atom is -0.480 e. The van der Waals surface area contributed by atoms with E-state index in [2.05, 4.69) is 16.0 Å². The number of nitrogens with zero attached hydrogens (tertiary/aromatic N) is 4. The fourth-order valence-electron chi connectivity index (χ4n) is 3.73. The third-order valence-electron chi connectivity index (χ3n) is 5.11. The molecular weight excluding hydrogens is 400 g/mol. The molecular formula is C26H26N4O2. The molecule has 4 rings (SSSR count). The summed E-state index contributed by atoms with van der Waals surface area (Å²) in [6.07, 6.45) is 5.31. The Bertz CT molecular complexity index is 1180. The number of aromatic nitrogens is 2. The molecule has 1 unspecified atom stereocenters. The summed E-state index contributed by atoms with van der Waals surface area (Å²) in [5.41, 5.74) is 4.35. The Morgan fingerprint density at radius 3 is 2.38 bits per heavy atom. The van der Waals surface area contributed by atoms with Crippen LogP contribution in [0.4, 0.5) is 0 Å². The molecule has 0 bridgehead atoms. The fraction of sp³-hybridized carbons (Fsp3) is 0.192. The maximum atomic E-state index is 10.4. The lowest BCUT2D eigenvalue weighted by molar-refractivity contribution is 0.134. The summed E-state index contributed by atoms with van der Waals surface area (Å²) in [5, 5.41) is 20.2. The smallest absolute Gasteiger partial charge is 0.297 e. The standard InChI is InChI=1S/C24H20N4O2.C2H6/c1-16-21(23(26-2)18-6-4-3-5-7-18)22(20(14-25)24(29)30-16)17-8-10-19(11-9-17)28-13-12-27-15-28;1-2/h3-13,15,22,29H,1-2H3;1-2H3. The summed E-state index contributed by atoms with van der Waals surface area (Å²) >= 11 is 0. The summed E-state index contributed by atoms with van der Waals surface area (Å²) in [5.74, 6) is -0.356. The first-order valence-electron chi connectivity index (χ1n) is 10.5. The van der Waals surface area contributed by atoms with Crippen molar-refractivity contribution in [2.75, 3.05) is 7.05 Å². The van der Waals surface area contributed by atoms with Crippen molar-refractivity contribution in [2.45, 2.75) is 26.7 Å². The fourth-order valence-corrected chi connectivity index (χ4v) is 3.73. The molecule has 1 aliphatic rings. The van der Waals surface area contributed by atoms with E-state index < -0.39 is 5.92 Å². The number of ether oxygens (including phenoxy) is 1. The van der Waals surface area contributed by atoms with E-state index in [1.807, 2.05) is 79.2 Å². The van der Waals surface area contributed by atoms with E-state index in [9.17, 15) is 10.4 Å². The summed E-state index contributed by atoms with van der Waals surface area (Å²) in [6.45, 7) is 5.78. The van der Waals surface area contributed by atoms with Crippen LogP contribution in [0, 0.1) is 11.3 Å². The second-order valence-corrected chi connectivity index (χ2v) is 6.84. The molecule has 6 nitrogen and oxygen atoms in total. The topological polar surface area (TPSA) is 83.4 Å². The lowest BCUT2D eigenvalue weighted by Gasteiger charge is -2.28. The van der Waals surface area contributed by atoms with E-state index in [1.54, 1.807) is 26.5 Å². The second kappa shape index (κ2) is 10.3. The molecule has 0 radical (unpaired) electrons. The molecule has 0 amide bonds. The zero-order chi connectivity index (χ0) is 23.1. The molecule has 3 aromatic rings. The van der Waals surface area contributed by atoms with Gasteiger partial charge in [-0.2, -0.15) is 5.26 Å². The van der Waals surface area contributed by atoms with Crippen LogP contribution in [0.3, 0.4) is 0 Å². The van der Waals surface area contributed by atoms with Gasteiger partial charge in [-0.05, 0) is 24.6 Å². The molecule has 162 valence electrons. The molecule has 32 heavy (non-hydrogen) atoms. The van der Waals surface area contributed by atoms with Crippen molar-refractivity contribution in [3.63, 3.8) is 0 Å². The molecule has 0 saturated carbocycles. The number of imidazole rings is 1. The van der Waals surface area contributed by atoms with Crippen LogP contribution in [0.15, 0.2) is 101 Å². The van der Waals surface area contributed by atoms with E-state index in [0.29, 0.717) is 5.76 Å². The predicted octanol–water partition coefficient (Wildman–Crippen LogP) is 5.70. The van der Waals surface area contributed by atoms with Crippen molar-refractivity contribution in [3.8, 4) is 11.8 Å². The Morgan fingerprint density at radius 2 is 1.81 bits per heavy atom. The number of nitriles is 1. The molecule has 1 atom stereocenters. The number of rotatable bonds is 4. The predicted molar refractivity (Wildman–Crippen MR) is 126 cm³/mol. The first-order chi connectivity index (χ1) is 15.6. The van der Waals surface area contributed by atoms with Gasteiger partial charge in [-0.25, -0.2) is 4.98 Å². The second-order valence-electron chi connectivity index (χ2n) is 6.84. The Labute approximate surface area is 188 Å². The van der Waals surface area contributed by atoms with Crippen molar-refractivity contribution in [1.29, 1.82) is 5.26 Å². The van der Waals surface area contributed by atoms with Gasteiger partial charge in [-0.3, -0.25) is 4.99 Å². The quantitative estimate of drug-likeness (QED) is 0.543. The van der Waals surface area contributed by atoms with Gasteiger partial charge in [-0.15, -0.1) is 0 Å². The Balaban J connectivity index is 0.00000141. The van der Waals surface area contributed by atoms with Gasteiger partial charge in [0.2, 0.25) is 0 Å². The molecule has 2 aromatic carbocycles. The van der Waals surface area contributed by atoms with Gasteiger partial charge in [0.25, 0.3) is 5.95 Å². The molecule has 0 spiro atoms. The molecule has 6 heteroatoms. The van der Waals surface area contributed by atoms with Crippen LogP contribution in [0.1, 0.15) is 37.8 Å². The molecule has 0 saturated heterocycles. The highest BCUT2D eigenvalue weighted by atomic mass is 16.6. The van der Waals surface area contributed by atoms with E-state index in [-0.39, 0.29) is 11.5 Å². The average Bonchev–Trinajstić information content (AvgIpc) is 3.38. The van der Waals surface area contributed by atoms with Gasteiger partial charge >= 0.3 is 0 Å². The summed E-state index contributed by atoms with van der Waals surface area (Å²) in [6, 6.07) is 19.7. The average molecular weight is 427 g/mol. The van der Waals surface area contributed by atoms with E-state index in [0.717, 1.165) is 28.1 Å². The van der Waals surface area contributed by atoms with Crippen LogP contribution in [-0.2, 0) is 4.74 Å². The van der Waals surface area contributed by atoms with Gasteiger partial charge in [0.05, 0.1) is 18.0 Å². The van der Waals surface area contributed by atoms with E-state index >= 15 is 0 Å². The first-order valence-corrected chi connectivity index (χ1v) is 10.5. The molecule has 0 aliphatic carbocycles. The number of hydrogen-bond acceptors (Lipinski definition) is 5. The van der Waals surface area contributed by atoms with Crippen LogP contribution < -0.4 is 0 Å². The monoisotopic (exact) mass is 426 g/mol. The van der Waals surface area contributed by atoms with Gasteiger partial charge in [0.15, 0.2) is 0 Å². The van der Waals surface area contributed by atoms with Crippen LogP contribution in [-0.4, -0.2) is 27.4 Å². The van der Waals surface area contributed by atoms with Crippen molar-refractivity contribution in [2.24, 2.45) is 4.99 Å². The van der Waals surface area contributed by atoms with Gasteiger partial charge in [-0.1, -0.05) is 56.3 Å². The van der Waals surface area contributed by atoms with Crippen LogP contribution in [0.2, 0.25) is 0 Å². The highest BCUT2D eigenvalue weighted by molar-refractivity contribution is 6.14. The molecule has 1 N–H and O–H groups in total. The van der Waals surface area contributed by atoms with Crippen LogP contribution in [0.25, 0.3) is 5.69 Å². The number of aliphatic hydroxyl groups is 1. The van der Waals surface area contributed by atoms with Crippen molar-refractivity contribution < 1.29 is 9.84 Å². The van der Waals surface area contributed by atoms with Gasteiger partial charge < -0.3 is 14.4 Å². The SMILES string of the molecule is CC.CN=C(C1=C(C)OC(O)=C(C#N)C1c1ccc(-n2ccnc2)cc1)c1ccccc1. The lowest BCUT2D eigenvalue weighted by atomic mass is 9.79. The molecule has 1 aromatic heterocycles. The Hall–Kier alpha value is -4.11. The maximum absolute atomic E-state index is 10.4. The number of aliphatic imine (C=N–C) groups is 1. The molecule has 1 aliphatic heterocycles. The molecule has 0 fully saturated rings. The Morgan fingerprint density at radius 1 is 1.12 bits per heavy atom. The minimum absolute atomic E-state index is 0.156.